The van der Waals surface area contributed by atoms with E-state index in [2.05, 4.69) is 59.2 Å². The summed E-state index contributed by atoms with van der Waals surface area (Å²) in [6, 6.07) is 11.6. The van der Waals surface area contributed by atoms with Crippen LogP contribution in [0.3, 0.4) is 0 Å². The largest absolute Gasteiger partial charge is 0.497 e. The van der Waals surface area contributed by atoms with Crippen molar-refractivity contribution in [2.45, 2.75) is 44.8 Å². The highest BCUT2D eigenvalue weighted by atomic mass is 32.1. The van der Waals surface area contributed by atoms with Crippen LogP contribution < -0.4 is 15.0 Å². The Hall–Kier alpha value is -2.11. The third-order valence-electron chi connectivity index (χ3n) is 5.70. The molecule has 4 nitrogen and oxygen atoms in total. The van der Waals surface area contributed by atoms with E-state index >= 15 is 0 Å². The second kappa shape index (κ2) is 7.87. The fraction of sp³-hybridized carbons (Fsp3) is 0.409. The maximum absolute atomic E-state index is 5.35. The van der Waals surface area contributed by atoms with Crippen molar-refractivity contribution in [1.82, 2.24) is 10.3 Å². The zero-order valence-corrected chi connectivity index (χ0v) is 17.1. The van der Waals surface area contributed by atoms with Crippen LogP contribution >= 0.6 is 11.3 Å². The summed E-state index contributed by atoms with van der Waals surface area (Å²) in [7, 11) is 3.89. The Morgan fingerprint density at radius 2 is 2.15 bits per heavy atom. The standard InChI is InChI=1S/C22H27N3OS/c1-15-10-22(24-21-7-6-19(26-3)12-20(15)21)25(2)18-5-4-17(11-18)23-13-16-8-9-27-14-16/h6-10,12,14,17-18,23H,4-5,11,13H2,1-3H3/t17-,18-/m0/s1. The molecule has 0 radical (unpaired) electrons. The first-order valence-corrected chi connectivity index (χ1v) is 10.5. The molecule has 5 heteroatoms. The summed E-state index contributed by atoms with van der Waals surface area (Å²) in [5.74, 6) is 1.94. The Kier molecular flexibility index (Phi) is 5.32. The second-order valence-corrected chi connectivity index (χ2v) is 8.25. The molecule has 0 aliphatic heterocycles. The van der Waals surface area contributed by atoms with Crippen LogP contribution in [0.1, 0.15) is 30.4 Å². The van der Waals surface area contributed by atoms with Gasteiger partial charge in [0.1, 0.15) is 11.6 Å². The van der Waals surface area contributed by atoms with Gasteiger partial charge in [-0.1, -0.05) is 0 Å². The van der Waals surface area contributed by atoms with E-state index in [1.807, 2.05) is 6.07 Å². The van der Waals surface area contributed by atoms with Crippen LogP contribution in [0.15, 0.2) is 41.1 Å². The van der Waals surface area contributed by atoms with Crippen LogP contribution in [-0.4, -0.2) is 31.2 Å². The third-order valence-corrected chi connectivity index (χ3v) is 6.43. The molecule has 1 aromatic carbocycles. The molecule has 2 aromatic heterocycles. The maximum Gasteiger partial charge on any atom is 0.129 e. The minimum absolute atomic E-state index is 0.535. The number of methoxy groups -OCH3 is 1. The van der Waals surface area contributed by atoms with E-state index in [1.54, 1.807) is 18.4 Å². The number of rotatable bonds is 6. The smallest absolute Gasteiger partial charge is 0.129 e. The van der Waals surface area contributed by atoms with Gasteiger partial charge in [-0.3, -0.25) is 0 Å². The highest BCUT2D eigenvalue weighted by Crippen LogP contribution is 2.30. The lowest BCUT2D eigenvalue weighted by atomic mass is 10.1. The Morgan fingerprint density at radius 3 is 2.93 bits per heavy atom. The minimum Gasteiger partial charge on any atom is -0.497 e. The molecule has 0 saturated heterocycles. The average Bonchev–Trinajstić information content (AvgIpc) is 3.37. The van der Waals surface area contributed by atoms with E-state index in [9.17, 15) is 0 Å². The van der Waals surface area contributed by atoms with Gasteiger partial charge in [0.15, 0.2) is 0 Å². The number of ether oxygens (including phenoxy) is 1. The van der Waals surface area contributed by atoms with Gasteiger partial charge in [-0.25, -0.2) is 4.98 Å². The quantitative estimate of drug-likeness (QED) is 0.668. The van der Waals surface area contributed by atoms with Crippen LogP contribution in [0, 0.1) is 6.92 Å². The monoisotopic (exact) mass is 381 g/mol. The number of aromatic nitrogens is 1. The average molecular weight is 382 g/mol. The van der Waals surface area contributed by atoms with Crippen molar-refractivity contribution >= 4 is 28.1 Å². The first-order valence-electron chi connectivity index (χ1n) is 9.56. The van der Waals surface area contributed by atoms with Gasteiger partial charge < -0.3 is 15.0 Å². The summed E-state index contributed by atoms with van der Waals surface area (Å²) < 4.78 is 5.35. The first kappa shape index (κ1) is 18.3. The number of benzene rings is 1. The van der Waals surface area contributed by atoms with Crippen LogP contribution in [0.4, 0.5) is 5.82 Å². The maximum atomic E-state index is 5.35. The topological polar surface area (TPSA) is 37.4 Å². The SMILES string of the molecule is COc1ccc2nc(N(C)[C@H]3CC[C@H](NCc4ccsc4)C3)cc(C)c2c1. The van der Waals surface area contributed by atoms with Crippen molar-refractivity contribution in [3.8, 4) is 5.75 Å². The minimum atomic E-state index is 0.535. The molecule has 1 N–H and O–H groups in total. The van der Waals surface area contributed by atoms with Gasteiger partial charge >= 0.3 is 0 Å². The van der Waals surface area contributed by atoms with Crippen molar-refractivity contribution < 1.29 is 4.74 Å². The van der Waals surface area contributed by atoms with Crippen molar-refractivity contribution in [2.24, 2.45) is 0 Å². The van der Waals surface area contributed by atoms with Crippen LogP contribution in [0.25, 0.3) is 10.9 Å². The number of hydrogen-bond acceptors (Lipinski definition) is 5. The van der Waals surface area contributed by atoms with Gasteiger partial charge in [-0.15, -0.1) is 0 Å². The summed E-state index contributed by atoms with van der Waals surface area (Å²) in [5, 5.41) is 9.25. The molecule has 4 rings (SSSR count). The van der Waals surface area contributed by atoms with Gasteiger partial charge in [0.05, 0.1) is 12.6 Å². The summed E-state index contributed by atoms with van der Waals surface area (Å²) in [6.07, 6.45) is 3.60. The van der Waals surface area contributed by atoms with Crippen LogP contribution in [-0.2, 0) is 6.54 Å². The second-order valence-electron chi connectivity index (χ2n) is 7.47. The Balaban J connectivity index is 1.45. The third kappa shape index (κ3) is 3.94. The van der Waals surface area contributed by atoms with Crippen molar-refractivity contribution in [1.29, 1.82) is 0 Å². The van der Waals surface area contributed by atoms with Gasteiger partial charge in [-0.2, -0.15) is 11.3 Å². The number of thiophene rings is 1. The number of hydrogen-bond donors (Lipinski definition) is 1. The predicted octanol–water partition coefficient (Wildman–Crippen LogP) is 4.76. The predicted molar refractivity (Wildman–Crippen MR) is 114 cm³/mol. The number of anilines is 1. The van der Waals surface area contributed by atoms with E-state index in [0.29, 0.717) is 12.1 Å². The van der Waals surface area contributed by atoms with Gasteiger partial charge in [0.2, 0.25) is 0 Å². The molecule has 0 unspecified atom stereocenters. The number of aryl methyl sites for hydroxylation is 1. The molecule has 1 fully saturated rings. The molecule has 0 amide bonds. The number of fused-ring (bicyclic) bond motifs is 1. The molecule has 0 bridgehead atoms. The van der Waals surface area contributed by atoms with Crippen molar-refractivity contribution in [3.63, 3.8) is 0 Å². The van der Waals surface area contributed by atoms with Gasteiger partial charge in [0, 0.05) is 31.1 Å². The van der Waals surface area contributed by atoms with E-state index in [0.717, 1.165) is 29.0 Å². The molecule has 0 spiro atoms. The van der Waals surface area contributed by atoms with Crippen LogP contribution in [0.2, 0.25) is 0 Å². The summed E-state index contributed by atoms with van der Waals surface area (Å²) >= 11 is 1.76. The van der Waals surface area contributed by atoms with Gasteiger partial charge in [-0.05, 0) is 78.4 Å². The summed E-state index contributed by atoms with van der Waals surface area (Å²) in [5.41, 5.74) is 3.66. The van der Waals surface area contributed by atoms with E-state index < -0.39 is 0 Å². The Bertz CT molecular complexity index is 909. The molecular formula is C22H27N3OS. The molecule has 2 heterocycles. The van der Waals surface area contributed by atoms with Crippen LogP contribution in [0.5, 0.6) is 5.75 Å². The Labute approximate surface area is 165 Å². The first-order chi connectivity index (χ1) is 13.1. The highest BCUT2D eigenvalue weighted by Gasteiger charge is 2.28. The lowest BCUT2D eigenvalue weighted by molar-refractivity contribution is 0.415. The molecular weight excluding hydrogens is 354 g/mol. The fourth-order valence-electron chi connectivity index (χ4n) is 4.00. The molecule has 27 heavy (non-hydrogen) atoms. The number of nitrogens with one attached hydrogen (secondary N) is 1. The van der Waals surface area contributed by atoms with Crippen molar-refractivity contribution in [2.75, 3.05) is 19.1 Å². The molecule has 2 atom stereocenters. The zero-order valence-electron chi connectivity index (χ0n) is 16.2. The van der Waals surface area contributed by atoms with E-state index in [4.69, 9.17) is 9.72 Å². The molecule has 1 saturated carbocycles. The summed E-state index contributed by atoms with van der Waals surface area (Å²) in [4.78, 5) is 7.28. The molecule has 3 aromatic rings. The fourth-order valence-corrected chi connectivity index (χ4v) is 4.67. The molecule has 1 aliphatic carbocycles. The van der Waals surface area contributed by atoms with E-state index in [-0.39, 0.29) is 0 Å². The van der Waals surface area contributed by atoms with Gasteiger partial charge in [0.25, 0.3) is 0 Å². The number of nitrogens with zero attached hydrogens (tertiary/aromatic N) is 2. The normalized spacial score (nSPS) is 19.5. The Morgan fingerprint density at radius 1 is 1.26 bits per heavy atom. The molecule has 142 valence electrons. The lowest BCUT2D eigenvalue weighted by Gasteiger charge is -2.26. The summed E-state index contributed by atoms with van der Waals surface area (Å²) in [6.45, 7) is 3.13. The number of pyridine rings is 1. The lowest BCUT2D eigenvalue weighted by Crippen LogP contribution is -2.33. The molecule has 1 aliphatic rings. The zero-order chi connectivity index (χ0) is 18.8. The van der Waals surface area contributed by atoms with Crippen molar-refractivity contribution in [3.05, 3.63) is 52.2 Å². The van der Waals surface area contributed by atoms with E-state index in [1.165, 1.54) is 30.4 Å². The highest BCUT2D eigenvalue weighted by molar-refractivity contribution is 7.07.